The molecular formula is C14H10N4S. The zero-order valence-electron chi connectivity index (χ0n) is 10.0. The van der Waals surface area contributed by atoms with E-state index in [4.69, 9.17) is 5.26 Å². The zero-order valence-corrected chi connectivity index (χ0v) is 10.8. The maximum absolute atomic E-state index is 8.78. The second-order valence-corrected chi connectivity index (χ2v) is 5.01. The monoisotopic (exact) mass is 266 g/mol. The Morgan fingerprint density at radius 2 is 2.05 bits per heavy atom. The zero-order chi connectivity index (χ0) is 13.1. The summed E-state index contributed by atoms with van der Waals surface area (Å²) in [7, 11) is 0. The van der Waals surface area contributed by atoms with Gasteiger partial charge >= 0.3 is 0 Å². The van der Waals surface area contributed by atoms with Crippen LogP contribution in [0.2, 0.25) is 0 Å². The van der Waals surface area contributed by atoms with Crippen molar-refractivity contribution in [2.24, 2.45) is 0 Å². The van der Waals surface area contributed by atoms with Crippen molar-refractivity contribution in [1.82, 2.24) is 15.0 Å². The molecule has 0 bridgehead atoms. The average molecular weight is 266 g/mol. The Bertz CT molecular complexity index is 705. The van der Waals surface area contributed by atoms with Crippen LogP contribution < -0.4 is 0 Å². The van der Waals surface area contributed by atoms with Gasteiger partial charge in [-0.3, -0.25) is 0 Å². The van der Waals surface area contributed by atoms with E-state index in [0.29, 0.717) is 12.1 Å². The summed E-state index contributed by atoms with van der Waals surface area (Å²) in [5.74, 6) is 0. The normalized spacial score (nSPS) is 10.3. The summed E-state index contributed by atoms with van der Waals surface area (Å²) in [6.45, 7) is 0.652. The standard InChI is InChI=1S/C14H10N4S/c15-8-11-3-5-12(6-4-11)10-18-13(9-16-17-18)14-2-1-7-19-14/h1-7,9H,10H2. The van der Waals surface area contributed by atoms with Gasteiger partial charge in [-0.2, -0.15) is 5.26 Å². The molecule has 0 saturated heterocycles. The van der Waals surface area contributed by atoms with E-state index in [2.05, 4.69) is 22.4 Å². The van der Waals surface area contributed by atoms with Crippen LogP contribution in [0.1, 0.15) is 11.1 Å². The van der Waals surface area contributed by atoms with Crippen molar-refractivity contribution in [2.45, 2.75) is 6.54 Å². The Morgan fingerprint density at radius 1 is 1.21 bits per heavy atom. The number of nitriles is 1. The molecule has 3 aromatic rings. The summed E-state index contributed by atoms with van der Waals surface area (Å²) in [5.41, 5.74) is 2.78. The van der Waals surface area contributed by atoms with Gasteiger partial charge in [-0.25, -0.2) is 4.68 Å². The Morgan fingerprint density at radius 3 is 2.74 bits per heavy atom. The highest BCUT2D eigenvalue weighted by Crippen LogP contribution is 2.23. The molecule has 0 aliphatic heterocycles. The van der Waals surface area contributed by atoms with Gasteiger partial charge in [-0.15, -0.1) is 16.4 Å². The number of rotatable bonds is 3. The topological polar surface area (TPSA) is 54.5 Å². The van der Waals surface area contributed by atoms with E-state index in [0.717, 1.165) is 16.1 Å². The molecule has 1 aromatic carbocycles. The highest BCUT2D eigenvalue weighted by atomic mass is 32.1. The van der Waals surface area contributed by atoms with E-state index < -0.39 is 0 Å². The lowest BCUT2D eigenvalue weighted by Gasteiger charge is -2.04. The number of nitrogens with zero attached hydrogens (tertiary/aromatic N) is 4. The largest absolute Gasteiger partial charge is 0.239 e. The molecular weight excluding hydrogens is 256 g/mol. The van der Waals surface area contributed by atoms with Gasteiger partial charge in [0.1, 0.15) is 0 Å². The molecule has 0 N–H and O–H groups in total. The van der Waals surface area contributed by atoms with Crippen molar-refractivity contribution in [3.63, 3.8) is 0 Å². The van der Waals surface area contributed by atoms with Gasteiger partial charge in [0.2, 0.25) is 0 Å². The summed E-state index contributed by atoms with van der Waals surface area (Å²) in [4.78, 5) is 1.15. The Hall–Kier alpha value is -2.45. The van der Waals surface area contributed by atoms with E-state index in [1.54, 1.807) is 17.5 Å². The molecule has 0 aliphatic rings. The first-order valence-corrected chi connectivity index (χ1v) is 6.66. The molecule has 0 atom stereocenters. The third kappa shape index (κ3) is 2.39. The van der Waals surface area contributed by atoms with Crippen LogP contribution in [0.15, 0.2) is 48.0 Å². The highest BCUT2D eigenvalue weighted by Gasteiger charge is 2.07. The molecule has 2 aromatic heterocycles. The first-order chi connectivity index (χ1) is 9.36. The number of hydrogen-bond donors (Lipinski definition) is 0. The predicted molar refractivity (Wildman–Crippen MR) is 73.6 cm³/mol. The summed E-state index contributed by atoms with van der Waals surface area (Å²) in [6, 6.07) is 13.7. The molecule has 0 radical (unpaired) electrons. The summed E-state index contributed by atoms with van der Waals surface area (Å²) >= 11 is 1.67. The van der Waals surface area contributed by atoms with E-state index >= 15 is 0 Å². The SMILES string of the molecule is N#Cc1ccc(Cn2nncc2-c2cccs2)cc1. The first kappa shape index (κ1) is 11.6. The fourth-order valence-electron chi connectivity index (χ4n) is 1.85. The average Bonchev–Trinajstić information content (AvgIpc) is 3.10. The third-order valence-electron chi connectivity index (χ3n) is 2.81. The van der Waals surface area contributed by atoms with Gasteiger partial charge in [0, 0.05) is 0 Å². The van der Waals surface area contributed by atoms with Gasteiger partial charge in [0.25, 0.3) is 0 Å². The van der Waals surface area contributed by atoms with E-state index in [-0.39, 0.29) is 0 Å². The van der Waals surface area contributed by atoms with Crippen LogP contribution in [0.3, 0.4) is 0 Å². The minimum atomic E-state index is 0.652. The third-order valence-corrected chi connectivity index (χ3v) is 3.70. The quantitative estimate of drug-likeness (QED) is 0.732. The van der Waals surface area contributed by atoms with Crippen molar-refractivity contribution >= 4 is 11.3 Å². The Labute approximate surface area is 114 Å². The molecule has 19 heavy (non-hydrogen) atoms. The minimum Gasteiger partial charge on any atom is -0.239 e. The van der Waals surface area contributed by atoms with Gasteiger partial charge in [-0.1, -0.05) is 23.4 Å². The van der Waals surface area contributed by atoms with Crippen LogP contribution in [0, 0.1) is 11.3 Å². The summed E-state index contributed by atoms with van der Waals surface area (Å²) < 4.78 is 1.87. The maximum atomic E-state index is 8.78. The van der Waals surface area contributed by atoms with E-state index in [1.165, 1.54) is 0 Å². The van der Waals surface area contributed by atoms with Crippen molar-refractivity contribution in [3.05, 3.63) is 59.1 Å². The second kappa shape index (κ2) is 5.04. The van der Waals surface area contributed by atoms with Crippen molar-refractivity contribution < 1.29 is 0 Å². The smallest absolute Gasteiger partial charge is 0.0991 e. The molecule has 0 aliphatic carbocycles. The minimum absolute atomic E-state index is 0.652. The lowest BCUT2D eigenvalue weighted by atomic mass is 10.1. The number of benzene rings is 1. The van der Waals surface area contributed by atoms with Crippen molar-refractivity contribution in [1.29, 1.82) is 5.26 Å². The lowest BCUT2D eigenvalue weighted by molar-refractivity contribution is 0.656. The van der Waals surface area contributed by atoms with Gasteiger partial charge in [0.05, 0.1) is 34.9 Å². The first-order valence-electron chi connectivity index (χ1n) is 5.78. The molecule has 0 unspecified atom stereocenters. The Balaban J connectivity index is 1.88. The predicted octanol–water partition coefficient (Wildman–Crippen LogP) is 2.93. The summed E-state index contributed by atoms with van der Waals surface area (Å²) in [5, 5.41) is 18.9. The molecule has 0 spiro atoms. The molecule has 3 rings (SSSR count). The Kier molecular flexibility index (Phi) is 3.09. The molecule has 0 fully saturated rings. The van der Waals surface area contributed by atoms with Crippen molar-refractivity contribution in [3.8, 4) is 16.6 Å². The molecule has 0 saturated carbocycles. The van der Waals surface area contributed by atoms with Gasteiger partial charge in [0.15, 0.2) is 0 Å². The fraction of sp³-hybridized carbons (Fsp3) is 0.0714. The van der Waals surface area contributed by atoms with Gasteiger partial charge < -0.3 is 0 Å². The molecule has 0 amide bonds. The lowest BCUT2D eigenvalue weighted by Crippen LogP contribution is -2.03. The van der Waals surface area contributed by atoms with Crippen molar-refractivity contribution in [2.75, 3.05) is 0 Å². The second-order valence-electron chi connectivity index (χ2n) is 4.06. The fourth-order valence-corrected chi connectivity index (χ4v) is 2.59. The number of thiophene rings is 1. The van der Waals surface area contributed by atoms with Crippen LogP contribution in [0.25, 0.3) is 10.6 Å². The molecule has 5 heteroatoms. The maximum Gasteiger partial charge on any atom is 0.0991 e. The van der Waals surface area contributed by atoms with E-state index in [1.807, 2.05) is 40.4 Å². The molecule has 2 heterocycles. The molecule has 92 valence electrons. The van der Waals surface area contributed by atoms with Crippen LogP contribution >= 0.6 is 11.3 Å². The number of aromatic nitrogens is 3. The number of hydrogen-bond acceptors (Lipinski definition) is 4. The van der Waals surface area contributed by atoms with Crippen LogP contribution in [-0.2, 0) is 6.54 Å². The van der Waals surface area contributed by atoms with Crippen LogP contribution in [-0.4, -0.2) is 15.0 Å². The highest BCUT2D eigenvalue weighted by molar-refractivity contribution is 7.13. The summed E-state index contributed by atoms with van der Waals surface area (Å²) in [6.07, 6.45) is 1.77. The van der Waals surface area contributed by atoms with Crippen LogP contribution in [0.5, 0.6) is 0 Å². The molecule has 4 nitrogen and oxygen atoms in total. The van der Waals surface area contributed by atoms with E-state index in [9.17, 15) is 0 Å². The van der Waals surface area contributed by atoms with Crippen LogP contribution in [0.4, 0.5) is 0 Å². The van der Waals surface area contributed by atoms with Gasteiger partial charge in [-0.05, 0) is 29.1 Å².